The number of fused-ring (bicyclic) bond motifs is 1. The molecule has 8 heteroatoms. The number of morpholine rings is 1. The van der Waals surface area contributed by atoms with Crippen molar-refractivity contribution in [2.45, 2.75) is 17.4 Å². The van der Waals surface area contributed by atoms with Gasteiger partial charge in [0.05, 0.1) is 18.7 Å². The zero-order chi connectivity index (χ0) is 18.7. The topological polar surface area (TPSA) is 62.7 Å². The number of ether oxygens (including phenoxy) is 1. The van der Waals surface area contributed by atoms with Crippen molar-refractivity contribution in [1.82, 2.24) is 14.2 Å². The molecule has 1 aromatic heterocycles. The number of rotatable bonds is 4. The van der Waals surface area contributed by atoms with Gasteiger partial charge in [-0.25, -0.2) is 8.42 Å². The summed E-state index contributed by atoms with van der Waals surface area (Å²) >= 11 is 1.85. The Labute approximate surface area is 164 Å². The molecule has 3 heterocycles. The average Bonchev–Trinajstić information content (AvgIpc) is 2.94. The highest BCUT2D eigenvalue weighted by atomic mass is 32.2. The van der Waals surface area contributed by atoms with Gasteiger partial charge < -0.3 is 4.74 Å². The zero-order valence-corrected chi connectivity index (χ0v) is 16.9. The Kier molecular flexibility index (Phi) is 5.99. The molecule has 0 spiro atoms. The molecule has 1 aromatic carbocycles. The molecule has 0 radical (unpaired) electrons. The molecule has 6 nitrogen and oxygen atoms in total. The Hall–Kier alpha value is -1.19. The van der Waals surface area contributed by atoms with Gasteiger partial charge in [-0.1, -0.05) is 18.2 Å². The maximum Gasteiger partial charge on any atom is 0.245 e. The fourth-order valence-corrected chi connectivity index (χ4v) is 6.73. The summed E-state index contributed by atoms with van der Waals surface area (Å²) in [5, 5.41) is 0.854. The van der Waals surface area contributed by atoms with E-state index in [2.05, 4.69) is 9.88 Å². The monoisotopic (exact) mass is 407 g/mol. The minimum atomic E-state index is -3.61. The van der Waals surface area contributed by atoms with Crippen molar-refractivity contribution >= 4 is 32.7 Å². The zero-order valence-electron chi connectivity index (χ0n) is 15.3. The SMILES string of the molecule is O=S(=O)(c1cccc2cccnc12)N1CCCSC[C@H]1CN1CCOCC1. The van der Waals surface area contributed by atoms with E-state index in [0.29, 0.717) is 17.0 Å². The van der Waals surface area contributed by atoms with Gasteiger partial charge in [0.2, 0.25) is 10.0 Å². The smallest absolute Gasteiger partial charge is 0.245 e. The molecule has 4 rings (SSSR count). The molecule has 0 bridgehead atoms. The Morgan fingerprint density at radius 3 is 2.81 bits per heavy atom. The highest BCUT2D eigenvalue weighted by Crippen LogP contribution is 2.28. The summed E-state index contributed by atoms with van der Waals surface area (Å²) in [6.07, 6.45) is 2.53. The molecule has 1 atom stereocenters. The molecular formula is C19H25N3O3S2. The van der Waals surface area contributed by atoms with E-state index in [-0.39, 0.29) is 6.04 Å². The largest absolute Gasteiger partial charge is 0.379 e. The van der Waals surface area contributed by atoms with Crippen molar-refractivity contribution in [1.29, 1.82) is 0 Å². The van der Waals surface area contributed by atoms with E-state index in [1.54, 1.807) is 22.6 Å². The van der Waals surface area contributed by atoms with Crippen LogP contribution >= 0.6 is 11.8 Å². The Balaban J connectivity index is 1.68. The Bertz CT molecular complexity index is 879. The third kappa shape index (κ3) is 4.14. The van der Waals surface area contributed by atoms with Crippen LogP contribution in [0.25, 0.3) is 10.9 Å². The molecule has 0 aliphatic carbocycles. The lowest BCUT2D eigenvalue weighted by atomic mass is 10.2. The fourth-order valence-electron chi connectivity index (χ4n) is 3.76. The van der Waals surface area contributed by atoms with Gasteiger partial charge in [-0.05, 0) is 24.3 Å². The van der Waals surface area contributed by atoms with Gasteiger partial charge in [0, 0.05) is 49.6 Å². The second-order valence-electron chi connectivity index (χ2n) is 6.94. The summed E-state index contributed by atoms with van der Waals surface area (Å²) in [5.74, 6) is 1.83. The van der Waals surface area contributed by atoms with Crippen LogP contribution in [0.3, 0.4) is 0 Å². The van der Waals surface area contributed by atoms with Gasteiger partial charge in [0.25, 0.3) is 0 Å². The molecule has 146 valence electrons. The van der Waals surface area contributed by atoms with Crippen molar-refractivity contribution < 1.29 is 13.2 Å². The summed E-state index contributed by atoms with van der Waals surface area (Å²) in [7, 11) is -3.61. The third-order valence-corrected chi connectivity index (χ3v) is 8.32. The molecule has 2 aromatic rings. The number of para-hydroxylation sites is 1. The molecular weight excluding hydrogens is 382 g/mol. The Morgan fingerprint density at radius 1 is 1.15 bits per heavy atom. The van der Waals surface area contributed by atoms with E-state index in [9.17, 15) is 8.42 Å². The number of benzene rings is 1. The predicted molar refractivity (Wildman–Crippen MR) is 109 cm³/mol. The first kappa shape index (κ1) is 19.1. The number of thioether (sulfide) groups is 1. The number of aromatic nitrogens is 1. The van der Waals surface area contributed by atoms with Crippen LogP contribution in [0.1, 0.15) is 6.42 Å². The first-order valence-electron chi connectivity index (χ1n) is 9.40. The van der Waals surface area contributed by atoms with E-state index in [0.717, 1.165) is 56.2 Å². The molecule has 0 N–H and O–H groups in total. The maximum atomic E-state index is 13.6. The van der Waals surface area contributed by atoms with Crippen molar-refractivity contribution in [3.63, 3.8) is 0 Å². The molecule has 0 saturated carbocycles. The number of nitrogens with zero attached hydrogens (tertiary/aromatic N) is 3. The second-order valence-corrected chi connectivity index (χ2v) is 9.95. The lowest BCUT2D eigenvalue weighted by Gasteiger charge is -2.35. The molecule has 2 saturated heterocycles. The summed E-state index contributed by atoms with van der Waals surface area (Å²) in [6, 6.07) is 9.12. The van der Waals surface area contributed by atoms with Crippen LogP contribution in [0.5, 0.6) is 0 Å². The van der Waals surface area contributed by atoms with Crippen LogP contribution < -0.4 is 0 Å². The molecule has 27 heavy (non-hydrogen) atoms. The highest BCUT2D eigenvalue weighted by molar-refractivity contribution is 7.99. The number of hydrogen-bond donors (Lipinski definition) is 0. The normalized spacial score (nSPS) is 23.3. The Morgan fingerprint density at radius 2 is 1.96 bits per heavy atom. The van der Waals surface area contributed by atoms with Crippen LogP contribution in [-0.4, -0.2) is 79.5 Å². The lowest BCUT2D eigenvalue weighted by molar-refractivity contribution is 0.0309. The number of sulfonamides is 1. The van der Waals surface area contributed by atoms with Crippen LogP contribution in [0.4, 0.5) is 0 Å². The summed E-state index contributed by atoms with van der Waals surface area (Å²) < 4.78 is 34.4. The minimum absolute atomic E-state index is 0.0282. The second kappa shape index (κ2) is 8.45. The van der Waals surface area contributed by atoms with E-state index >= 15 is 0 Å². The van der Waals surface area contributed by atoms with E-state index in [1.807, 2.05) is 30.0 Å². The van der Waals surface area contributed by atoms with Crippen LogP contribution in [0.2, 0.25) is 0 Å². The van der Waals surface area contributed by atoms with E-state index in [1.165, 1.54) is 0 Å². The fraction of sp³-hybridized carbons (Fsp3) is 0.526. The van der Waals surface area contributed by atoms with Gasteiger partial charge in [-0.3, -0.25) is 9.88 Å². The van der Waals surface area contributed by atoms with Crippen molar-refractivity contribution in [3.05, 3.63) is 36.5 Å². The number of pyridine rings is 1. The quantitative estimate of drug-likeness (QED) is 0.773. The molecule has 2 fully saturated rings. The predicted octanol–water partition coefficient (Wildman–Crippen LogP) is 2.06. The van der Waals surface area contributed by atoms with Gasteiger partial charge >= 0.3 is 0 Å². The summed E-state index contributed by atoms with van der Waals surface area (Å²) in [5.41, 5.74) is 0.557. The minimum Gasteiger partial charge on any atom is -0.379 e. The van der Waals surface area contributed by atoms with Crippen molar-refractivity contribution in [3.8, 4) is 0 Å². The third-order valence-electron chi connectivity index (χ3n) is 5.14. The first-order chi connectivity index (χ1) is 13.2. The summed E-state index contributed by atoms with van der Waals surface area (Å²) in [6.45, 7) is 4.50. The standard InChI is InChI=1S/C19H25N3O3S2/c23-27(24,18-6-1-4-16-5-2-7-20-19(16)18)22-8-3-13-26-15-17(22)14-21-9-11-25-12-10-21/h1-2,4-7,17H,3,8-15H2/t17-/m1/s1. The first-order valence-corrected chi connectivity index (χ1v) is 12.0. The molecule has 2 aliphatic rings. The van der Waals surface area contributed by atoms with Crippen LogP contribution in [0.15, 0.2) is 41.4 Å². The molecule has 2 aliphatic heterocycles. The van der Waals surface area contributed by atoms with E-state index < -0.39 is 10.0 Å². The molecule has 0 amide bonds. The molecule has 0 unspecified atom stereocenters. The highest BCUT2D eigenvalue weighted by Gasteiger charge is 2.35. The summed E-state index contributed by atoms with van der Waals surface area (Å²) in [4.78, 5) is 7.01. The maximum absolute atomic E-state index is 13.6. The average molecular weight is 408 g/mol. The number of hydrogen-bond acceptors (Lipinski definition) is 6. The van der Waals surface area contributed by atoms with Crippen LogP contribution in [-0.2, 0) is 14.8 Å². The van der Waals surface area contributed by atoms with Gasteiger partial charge in [0.1, 0.15) is 4.90 Å². The lowest BCUT2D eigenvalue weighted by Crippen LogP contribution is -2.50. The van der Waals surface area contributed by atoms with Crippen molar-refractivity contribution in [2.24, 2.45) is 0 Å². The van der Waals surface area contributed by atoms with Gasteiger partial charge in [-0.2, -0.15) is 16.1 Å². The van der Waals surface area contributed by atoms with Gasteiger partial charge in [-0.15, -0.1) is 0 Å². The van der Waals surface area contributed by atoms with Crippen molar-refractivity contribution in [2.75, 3.05) is 50.9 Å². The van der Waals surface area contributed by atoms with Crippen LogP contribution in [0, 0.1) is 0 Å². The van der Waals surface area contributed by atoms with Gasteiger partial charge in [0.15, 0.2) is 0 Å². The van der Waals surface area contributed by atoms with E-state index in [4.69, 9.17) is 4.74 Å².